The maximum atomic E-state index is 15.2. The molecule has 1 aromatic carbocycles. The molecule has 4 rings (SSSR count). The number of aromatic nitrogens is 1. The van der Waals surface area contributed by atoms with Gasteiger partial charge in [0, 0.05) is 39.8 Å². The largest absolute Gasteiger partial charge is 0.738 e. The Balaban J connectivity index is 2.06. The Hall–Kier alpha value is -2.27. The molecule has 0 unspecified atom stereocenters. The van der Waals surface area contributed by atoms with Crippen LogP contribution in [0.5, 0.6) is 5.75 Å². The van der Waals surface area contributed by atoms with E-state index in [1.54, 1.807) is 18.2 Å². The number of halogens is 4. The molecular weight excluding hydrogens is 491 g/mol. The standard InChI is InChI=1S/C16H10BBr2F2N3O3/c1-27-13-5-2-9(8-12(13)24(25)26)16-10-3-6-14(18)22(10)17(20,21)23-11(16)4-7-15(23)19/h2-8H,1H3. The highest BCUT2D eigenvalue weighted by Gasteiger charge is 2.54. The first-order valence-corrected chi connectivity index (χ1v) is 9.32. The molecule has 27 heavy (non-hydrogen) atoms. The van der Waals surface area contributed by atoms with Crippen molar-refractivity contribution in [1.29, 1.82) is 0 Å². The van der Waals surface area contributed by atoms with Crippen LogP contribution in [0.25, 0.3) is 5.57 Å². The van der Waals surface area contributed by atoms with Crippen LogP contribution in [0.4, 0.5) is 14.3 Å². The van der Waals surface area contributed by atoms with Gasteiger partial charge in [0.25, 0.3) is 0 Å². The Bertz CT molecular complexity index is 1110. The van der Waals surface area contributed by atoms with Gasteiger partial charge < -0.3 is 22.3 Å². The fraction of sp³-hybridized carbons (Fsp3) is 0.0625. The van der Waals surface area contributed by atoms with E-state index < -0.39 is 11.9 Å². The van der Waals surface area contributed by atoms with E-state index in [-0.39, 0.29) is 32.1 Å². The van der Waals surface area contributed by atoms with E-state index >= 15 is 8.63 Å². The van der Waals surface area contributed by atoms with Crippen molar-refractivity contribution in [1.82, 2.24) is 4.48 Å². The zero-order chi connectivity index (χ0) is 19.5. The lowest BCUT2D eigenvalue weighted by Crippen LogP contribution is -2.50. The zero-order valence-corrected chi connectivity index (χ0v) is 16.9. The van der Waals surface area contributed by atoms with Crippen molar-refractivity contribution >= 4 is 54.7 Å². The second-order valence-corrected chi connectivity index (χ2v) is 7.55. The average molecular weight is 501 g/mol. The minimum absolute atomic E-state index is 0.0998. The Morgan fingerprint density at radius 3 is 2.63 bits per heavy atom. The van der Waals surface area contributed by atoms with Gasteiger partial charge in [-0.15, -0.1) is 0 Å². The molecule has 0 amide bonds. The third-order valence-electron chi connectivity index (χ3n) is 4.53. The van der Waals surface area contributed by atoms with E-state index in [1.165, 1.54) is 31.4 Å². The molecule has 3 heterocycles. The molecule has 0 atom stereocenters. The van der Waals surface area contributed by atoms with Gasteiger partial charge in [-0.2, -0.15) is 0 Å². The molecule has 0 N–H and O–H groups in total. The summed E-state index contributed by atoms with van der Waals surface area (Å²) in [4.78, 5) is 10.8. The zero-order valence-electron chi connectivity index (χ0n) is 13.7. The van der Waals surface area contributed by atoms with E-state index in [0.717, 1.165) is 8.96 Å². The highest BCUT2D eigenvalue weighted by atomic mass is 79.9. The van der Waals surface area contributed by atoms with E-state index in [2.05, 4.69) is 31.9 Å². The number of rotatable bonds is 3. The van der Waals surface area contributed by atoms with E-state index in [0.29, 0.717) is 11.1 Å². The van der Waals surface area contributed by atoms with Gasteiger partial charge in [0.2, 0.25) is 4.62 Å². The predicted octanol–water partition coefficient (Wildman–Crippen LogP) is 4.54. The fourth-order valence-electron chi connectivity index (χ4n) is 3.42. The van der Waals surface area contributed by atoms with Crippen molar-refractivity contribution in [2.24, 2.45) is 0 Å². The lowest BCUT2D eigenvalue weighted by Gasteiger charge is -2.32. The molecule has 138 valence electrons. The summed E-state index contributed by atoms with van der Waals surface area (Å²) in [6.07, 6.45) is 3.10. The second kappa shape index (κ2) is 6.13. The summed E-state index contributed by atoms with van der Waals surface area (Å²) in [5.41, 5.74) is 1.20. The molecule has 0 fully saturated rings. The maximum Gasteiger partial charge on any atom is 0.738 e. The van der Waals surface area contributed by atoms with E-state index in [4.69, 9.17) is 4.74 Å². The van der Waals surface area contributed by atoms with Gasteiger partial charge >= 0.3 is 12.7 Å². The number of allylic oxidation sites excluding steroid dienone is 2. The van der Waals surface area contributed by atoms with Crippen LogP contribution in [0.2, 0.25) is 0 Å². The van der Waals surface area contributed by atoms with Crippen molar-refractivity contribution < 1.29 is 22.8 Å². The Morgan fingerprint density at radius 1 is 1.22 bits per heavy atom. The molecular formula is C16H10BBr2F2N3O3. The summed E-state index contributed by atoms with van der Waals surface area (Å²) >= 11 is 6.36. The van der Waals surface area contributed by atoms with Crippen LogP contribution in [0.15, 0.2) is 52.8 Å². The summed E-state index contributed by atoms with van der Waals surface area (Å²) in [7, 11) is 1.34. The Morgan fingerprint density at radius 2 is 1.96 bits per heavy atom. The van der Waals surface area contributed by atoms with Gasteiger partial charge in [-0.3, -0.25) is 10.1 Å². The van der Waals surface area contributed by atoms with Crippen LogP contribution in [0.3, 0.4) is 0 Å². The van der Waals surface area contributed by atoms with Crippen LogP contribution in [-0.2, 0) is 0 Å². The van der Waals surface area contributed by atoms with Gasteiger partial charge in [0.05, 0.1) is 22.2 Å². The second-order valence-electron chi connectivity index (χ2n) is 5.93. The molecule has 0 bridgehead atoms. The number of hydrogen-bond donors (Lipinski definition) is 0. The summed E-state index contributed by atoms with van der Waals surface area (Å²) in [6, 6.07) is 7.51. The number of methoxy groups -OCH3 is 1. The summed E-state index contributed by atoms with van der Waals surface area (Å²) < 4.78 is 37.6. The van der Waals surface area contributed by atoms with Gasteiger partial charge in [0.1, 0.15) is 0 Å². The highest BCUT2D eigenvalue weighted by Crippen LogP contribution is 2.43. The SMILES string of the molecule is COc1ccc(C2=C3C=CC(Br)=[N+]3[B-](F)(F)n3c(Br)ccc32)cc1[N+](=O)[O-]. The average Bonchev–Trinajstić information content (AvgIpc) is 3.19. The molecule has 6 nitrogen and oxygen atoms in total. The summed E-state index contributed by atoms with van der Waals surface area (Å²) in [5, 5.41) is 11.4. The molecule has 0 aliphatic carbocycles. The Labute approximate surface area is 168 Å². The van der Waals surface area contributed by atoms with Crippen molar-refractivity contribution in [2.45, 2.75) is 0 Å². The quantitative estimate of drug-likeness (QED) is 0.353. The number of nitro groups is 1. The Kier molecular flexibility index (Phi) is 4.11. The number of ether oxygens (including phenoxy) is 1. The van der Waals surface area contributed by atoms with Gasteiger partial charge in [-0.25, -0.2) is 0 Å². The topological polar surface area (TPSA) is 60.3 Å². The lowest BCUT2D eigenvalue weighted by molar-refractivity contribution is -0.385. The van der Waals surface area contributed by atoms with Crippen LogP contribution >= 0.6 is 31.9 Å². The molecule has 2 aromatic rings. The summed E-state index contributed by atoms with van der Waals surface area (Å²) in [5.74, 6) is 0.0998. The van der Waals surface area contributed by atoms with E-state index in [1.807, 2.05) is 0 Å². The monoisotopic (exact) mass is 499 g/mol. The smallest absolute Gasteiger partial charge is 0.490 e. The molecule has 0 saturated heterocycles. The van der Waals surface area contributed by atoms with Crippen molar-refractivity contribution in [3.8, 4) is 5.75 Å². The number of nitro benzene ring substituents is 1. The predicted molar refractivity (Wildman–Crippen MR) is 105 cm³/mol. The first-order chi connectivity index (χ1) is 12.8. The van der Waals surface area contributed by atoms with Crippen LogP contribution in [0.1, 0.15) is 11.3 Å². The minimum atomic E-state index is -4.14. The molecule has 2 aliphatic rings. The van der Waals surface area contributed by atoms with Crippen molar-refractivity contribution in [3.05, 3.63) is 74.2 Å². The van der Waals surface area contributed by atoms with E-state index in [9.17, 15) is 10.1 Å². The normalized spacial score (nSPS) is 17.2. The lowest BCUT2D eigenvalue weighted by atomic mass is 9.86. The van der Waals surface area contributed by atoms with Crippen LogP contribution < -0.4 is 4.74 Å². The number of fused-ring (bicyclic) bond motifs is 2. The van der Waals surface area contributed by atoms with Crippen LogP contribution in [0, 0.1) is 10.1 Å². The number of hydrogen-bond acceptors (Lipinski definition) is 3. The van der Waals surface area contributed by atoms with Gasteiger partial charge in [0.15, 0.2) is 11.4 Å². The first-order valence-electron chi connectivity index (χ1n) is 7.74. The highest BCUT2D eigenvalue weighted by molar-refractivity contribution is 9.18. The van der Waals surface area contributed by atoms with Crippen molar-refractivity contribution in [2.75, 3.05) is 7.11 Å². The van der Waals surface area contributed by atoms with Gasteiger partial charge in [-0.1, -0.05) is 0 Å². The third-order valence-corrected chi connectivity index (χ3v) is 5.83. The van der Waals surface area contributed by atoms with Crippen LogP contribution in [-0.4, -0.2) is 32.6 Å². The minimum Gasteiger partial charge on any atom is -0.490 e. The summed E-state index contributed by atoms with van der Waals surface area (Å²) in [6.45, 7) is -4.14. The first kappa shape index (κ1) is 18.1. The maximum absolute atomic E-state index is 15.2. The molecule has 1 aromatic heterocycles. The third kappa shape index (κ3) is 2.52. The van der Waals surface area contributed by atoms with Crippen molar-refractivity contribution in [3.63, 3.8) is 0 Å². The molecule has 2 aliphatic heterocycles. The molecule has 0 spiro atoms. The fourth-order valence-corrected chi connectivity index (χ4v) is 4.56. The molecule has 0 radical (unpaired) electrons. The van der Waals surface area contributed by atoms with Gasteiger partial charge in [-0.05, 0) is 45.8 Å². The molecule has 0 saturated carbocycles. The number of nitrogens with zero attached hydrogens (tertiary/aromatic N) is 3. The molecule has 11 heteroatoms. The number of benzene rings is 1.